The van der Waals surface area contributed by atoms with E-state index in [9.17, 15) is 4.79 Å². The van der Waals surface area contributed by atoms with Crippen molar-refractivity contribution < 1.29 is 9.53 Å². The van der Waals surface area contributed by atoms with Crippen molar-refractivity contribution in [2.45, 2.75) is 32.4 Å². The molecule has 132 valence electrons. The molecule has 0 spiro atoms. The van der Waals surface area contributed by atoms with Crippen molar-refractivity contribution in [2.24, 2.45) is 0 Å². The molecule has 0 bridgehead atoms. The smallest absolute Gasteiger partial charge is 0.270 e. The van der Waals surface area contributed by atoms with Crippen molar-refractivity contribution in [3.05, 3.63) is 59.9 Å². The molecule has 1 aliphatic rings. The molecule has 0 aliphatic carbocycles. The van der Waals surface area contributed by atoms with Crippen molar-refractivity contribution in [2.75, 3.05) is 24.6 Å². The lowest BCUT2D eigenvalue weighted by Gasteiger charge is -2.23. The average molecular weight is 339 g/mol. The van der Waals surface area contributed by atoms with Gasteiger partial charge in [-0.25, -0.2) is 0 Å². The fourth-order valence-corrected chi connectivity index (χ4v) is 3.03. The van der Waals surface area contributed by atoms with E-state index in [1.165, 1.54) is 5.56 Å². The van der Waals surface area contributed by atoms with Gasteiger partial charge in [-0.1, -0.05) is 30.3 Å². The minimum absolute atomic E-state index is 0.136. The van der Waals surface area contributed by atoms with Crippen LogP contribution in [-0.4, -0.2) is 36.7 Å². The van der Waals surface area contributed by atoms with Crippen LogP contribution in [0.2, 0.25) is 0 Å². The lowest BCUT2D eigenvalue weighted by molar-refractivity contribution is 0.0854. The molecule has 1 aromatic carbocycles. The maximum Gasteiger partial charge on any atom is 0.270 e. The molecule has 5 heteroatoms. The molecule has 25 heavy (non-hydrogen) atoms. The summed E-state index contributed by atoms with van der Waals surface area (Å²) in [6.45, 7) is 5.11. The molecular formula is C20H25N3O2. The van der Waals surface area contributed by atoms with Crippen molar-refractivity contribution in [1.82, 2.24) is 10.3 Å². The topological polar surface area (TPSA) is 54.5 Å². The number of carbonyl (C=O) groups is 1. The van der Waals surface area contributed by atoms with Crippen molar-refractivity contribution in [3.8, 4) is 0 Å². The third kappa shape index (κ3) is 4.79. The number of benzene rings is 1. The zero-order valence-corrected chi connectivity index (χ0v) is 14.6. The number of nitrogens with zero attached hydrogens (tertiary/aromatic N) is 2. The number of anilines is 1. The number of ether oxygens (including phenoxy) is 1. The van der Waals surface area contributed by atoms with Crippen LogP contribution >= 0.6 is 0 Å². The van der Waals surface area contributed by atoms with Gasteiger partial charge < -0.3 is 15.0 Å². The van der Waals surface area contributed by atoms with Crippen LogP contribution in [0.5, 0.6) is 0 Å². The Hall–Kier alpha value is -2.40. The van der Waals surface area contributed by atoms with Gasteiger partial charge in [-0.15, -0.1) is 0 Å². The Balaban J connectivity index is 1.65. The van der Waals surface area contributed by atoms with E-state index in [1.54, 1.807) is 6.20 Å². The number of pyridine rings is 1. The first-order valence-electron chi connectivity index (χ1n) is 8.91. The molecule has 0 radical (unpaired) electrons. The first kappa shape index (κ1) is 17.4. The van der Waals surface area contributed by atoms with E-state index in [-0.39, 0.29) is 12.0 Å². The van der Waals surface area contributed by atoms with E-state index >= 15 is 0 Å². The zero-order valence-electron chi connectivity index (χ0n) is 14.6. The molecule has 1 amide bonds. The summed E-state index contributed by atoms with van der Waals surface area (Å²) in [5.74, 6) is -0.145. The van der Waals surface area contributed by atoms with E-state index in [2.05, 4.69) is 34.3 Å². The van der Waals surface area contributed by atoms with Crippen LogP contribution in [0.15, 0.2) is 48.7 Å². The maximum absolute atomic E-state index is 12.4. The Bertz CT molecular complexity index is 684. The van der Waals surface area contributed by atoms with Crippen molar-refractivity contribution >= 4 is 11.6 Å². The van der Waals surface area contributed by atoms with E-state index in [0.29, 0.717) is 12.2 Å². The summed E-state index contributed by atoms with van der Waals surface area (Å²) in [5, 5.41) is 2.93. The molecule has 1 N–H and O–H groups in total. The number of nitrogens with one attached hydrogen (secondary N) is 1. The lowest BCUT2D eigenvalue weighted by Crippen LogP contribution is -2.32. The Labute approximate surface area is 149 Å². The van der Waals surface area contributed by atoms with E-state index in [4.69, 9.17) is 4.74 Å². The summed E-state index contributed by atoms with van der Waals surface area (Å²) in [6.07, 6.45) is 3.91. The van der Waals surface area contributed by atoms with Crippen molar-refractivity contribution in [1.29, 1.82) is 0 Å². The number of amides is 1. The lowest BCUT2D eigenvalue weighted by atomic mass is 10.2. The summed E-state index contributed by atoms with van der Waals surface area (Å²) in [4.78, 5) is 18.8. The number of hydrogen-bond acceptors (Lipinski definition) is 4. The van der Waals surface area contributed by atoms with Crippen LogP contribution < -0.4 is 10.2 Å². The van der Waals surface area contributed by atoms with E-state index in [1.807, 2.05) is 30.3 Å². The van der Waals surface area contributed by atoms with Gasteiger partial charge in [0.25, 0.3) is 5.91 Å². The van der Waals surface area contributed by atoms with Gasteiger partial charge in [0, 0.05) is 38.1 Å². The Morgan fingerprint density at radius 2 is 2.16 bits per heavy atom. The van der Waals surface area contributed by atoms with Gasteiger partial charge in [0.2, 0.25) is 0 Å². The highest BCUT2D eigenvalue weighted by molar-refractivity contribution is 5.93. The molecule has 1 aromatic heterocycles. The van der Waals surface area contributed by atoms with E-state index in [0.717, 1.165) is 38.2 Å². The quantitative estimate of drug-likeness (QED) is 0.842. The van der Waals surface area contributed by atoms with Gasteiger partial charge in [-0.3, -0.25) is 9.78 Å². The van der Waals surface area contributed by atoms with Gasteiger partial charge in [0.05, 0.1) is 6.10 Å². The molecule has 1 saturated heterocycles. The van der Waals surface area contributed by atoms with Crippen LogP contribution in [0, 0.1) is 0 Å². The van der Waals surface area contributed by atoms with Crippen LogP contribution in [0.3, 0.4) is 0 Å². The largest absolute Gasteiger partial charge is 0.376 e. The van der Waals surface area contributed by atoms with Crippen molar-refractivity contribution in [3.63, 3.8) is 0 Å². The summed E-state index contributed by atoms with van der Waals surface area (Å²) in [5.41, 5.74) is 2.69. The molecule has 1 atom stereocenters. The predicted octanol–water partition coefficient (Wildman–Crippen LogP) is 3.02. The third-order valence-electron chi connectivity index (χ3n) is 4.45. The Kier molecular flexibility index (Phi) is 6.01. The summed E-state index contributed by atoms with van der Waals surface area (Å²) in [7, 11) is 0. The predicted molar refractivity (Wildman–Crippen MR) is 98.7 cm³/mol. The van der Waals surface area contributed by atoms with Gasteiger partial charge in [0.1, 0.15) is 5.69 Å². The standard InChI is InChI=1S/C20H25N3O2/c1-2-23(15-16-7-4-3-5-8-16)17-10-11-21-19(13-17)20(24)22-14-18-9-6-12-25-18/h3-5,7-8,10-11,13,18H,2,6,9,12,14-15H2,1H3,(H,22,24). The van der Waals surface area contributed by atoms with Gasteiger partial charge in [-0.05, 0) is 37.5 Å². The highest BCUT2D eigenvalue weighted by Gasteiger charge is 2.17. The number of hydrogen-bond donors (Lipinski definition) is 1. The second-order valence-corrected chi connectivity index (χ2v) is 6.24. The van der Waals surface area contributed by atoms with Crippen LogP contribution in [0.1, 0.15) is 35.8 Å². The van der Waals surface area contributed by atoms with E-state index < -0.39 is 0 Å². The van der Waals surface area contributed by atoms with Crippen LogP contribution in [-0.2, 0) is 11.3 Å². The summed E-state index contributed by atoms with van der Waals surface area (Å²) >= 11 is 0. The molecule has 1 aliphatic heterocycles. The molecule has 1 unspecified atom stereocenters. The number of carbonyl (C=O) groups excluding carboxylic acids is 1. The SMILES string of the molecule is CCN(Cc1ccccc1)c1ccnc(C(=O)NCC2CCCO2)c1. The highest BCUT2D eigenvalue weighted by Crippen LogP contribution is 2.18. The first-order valence-corrected chi connectivity index (χ1v) is 8.91. The molecule has 2 heterocycles. The number of aromatic nitrogens is 1. The minimum atomic E-state index is -0.145. The van der Waals surface area contributed by atoms with Gasteiger partial charge in [-0.2, -0.15) is 0 Å². The molecule has 5 nitrogen and oxygen atoms in total. The molecule has 3 rings (SSSR count). The van der Waals surface area contributed by atoms with Gasteiger partial charge in [0.15, 0.2) is 0 Å². The van der Waals surface area contributed by atoms with Crippen LogP contribution in [0.25, 0.3) is 0 Å². The molecule has 2 aromatic rings. The second-order valence-electron chi connectivity index (χ2n) is 6.24. The average Bonchev–Trinajstić information content (AvgIpc) is 3.19. The minimum Gasteiger partial charge on any atom is -0.376 e. The Morgan fingerprint density at radius 1 is 1.32 bits per heavy atom. The normalized spacial score (nSPS) is 16.6. The molecular weight excluding hydrogens is 314 g/mol. The fraction of sp³-hybridized carbons (Fsp3) is 0.400. The third-order valence-corrected chi connectivity index (χ3v) is 4.45. The second kappa shape index (κ2) is 8.62. The fourth-order valence-electron chi connectivity index (χ4n) is 3.03. The Morgan fingerprint density at radius 3 is 2.88 bits per heavy atom. The maximum atomic E-state index is 12.4. The highest BCUT2D eigenvalue weighted by atomic mass is 16.5. The molecule has 1 fully saturated rings. The van der Waals surface area contributed by atoms with Crippen LogP contribution in [0.4, 0.5) is 5.69 Å². The van der Waals surface area contributed by atoms with Gasteiger partial charge >= 0.3 is 0 Å². The zero-order chi connectivity index (χ0) is 17.5. The molecule has 0 saturated carbocycles. The first-order chi connectivity index (χ1) is 12.3. The summed E-state index contributed by atoms with van der Waals surface area (Å²) in [6, 6.07) is 14.1. The monoisotopic (exact) mass is 339 g/mol. The number of rotatable bonds is 7. The summed E-state index contributed by atoms with van der Waals surface area (Å²) < 4.78 is 5.54.